The van der Waals surface area contributed by atoms with Crippen molar-refractivity contribution in [3.8, 4) is 11.5 Å². The van der Waals surface area contributed by atoms with Crippen LogP contribution in [0.1, 0.15) is 24.1 Å². The predicted molar refractivity (Wildman–Crippen MR) is 97.3 cm³/mol. The normalized spacial score (nSPS) is 13.7. The maximum absolute atomic E-state index is 11.6. The zero-order valence-corrected chi connectivity index (χ0v) is 13.8. The largest absolute Gasteiger partial charge is 0.444 e. The summed E-state index contributed by atoms with van der Waals surface area (Å²) in [5.41, 5.74) is 4.91. The van der Waals surface area contributed by atoms with Crippen molar-refractivity contribution < 1.29 is 9.21 Å². The first kappa shape index (κ1) is 15.4. The number of aryl methyl sites for hydroxylation is 1. The van der Waals surface area contributed by atoms with E-state index in [1.165, 1.54) is 5.56 Å². The standard InChI is InChI=1S/C20H19N3O2/c24-19-8-4-7-15-11-16(9-10-18(15)23-19)21-12-17-13-25-20(22-17)14-5-2-1-3-6-14/h1-3,5-6,9-11,13,21H,4,7-8,12H2,(H,23,24). The molecule has 0 spiro atoms. The average molecular weight is 333 g/mol. The Morgan fingerprint density at radius 3 is 2.88 bits per heavy atom. The Morgan fingerprint density at radius 2 is 2.00 bits per heavy atom. The fourth-order valence-corrected chi connectivity index (χ4v) is 2.98. The molecular weight excluding hydrogens is 314 g/mol. The number of nitrogens with one attached hydrogen (secondary N) is 2. The predicted octanol–water partition coefficient (Wildman–Crippen LogP) is 4.23. The number of carbonyl (C=O) groups excluding carboxylic acids is 1. The van der Waals surface area contributed by atoms with Gasteiger partial charge in [0.1, 0.15) is 6.26 Å². The van der Waals surface area contributed by atoms with Crippen molar-refractivity contribution in [2.75, 3.05) is 10.6 Å². The summed E-state index contributed by atoms with van der Waals surface area (Å²) in [6.45, 7) is 0.585. The van der Waals surface area contributed by atoms with Crippen LogP contribution in [0.4, 0.5) is 11.4 Å². The van der Waals surface area contributed by atoms with E-state index in [1.807, 2.05) is 42.5 Å². The molecule has 25 heavy (non-hydrogen) atoms. The van der Waals surface area contributed by atoms with Crippen molar-refractivity contribution in [3.05, 3.63) is 66.1 Å². The number of rotatable bonds is 4. The van der Waals surface area contributed by atoms with E-state index in [-0.39, 0.29) is 5.91 Å². The molecule has 0 aliphatic carbocycles. The Hall–Kier alpha value is -3.08. The summed E-state index contributed by atoms with van der Waals surface area (Å²) in [6, 6.07) is 15.9. The van der Waals surface area contributed by atoms with E-state index in [1.54, 1.807) is 6.26 Å². The molecule has 1 aliphatic heterocycles. The summed E-state index contributed by atoms with van der Waals surface area (Å²) >= 11 is 0. The van der Waals surface area contributed by atoms with Gasteiger partial charge in [-0.25, -0.2) is 4.98 Å². The smallest absolute Gasteiger partial charge is 0.226 e. The maximum Gasteiger partial charge on any atom is 0.226 e. The number of carbonyl (C=O) groups is 1. The number of amides is 1. The van der Waals surface area contributed by atoms with Gasteiger partial charge in [0.25, 0.3) is 0 Å². The molecule has 5 heteroatoms. The fraction of sp³-hybridized carbons (Fsp3) is 0.200. The lowest BCUT2D eigenvalue weighted by Crippen LogP contribution is -2.09. The molecule has 1 amide bonds. The molecule has 2 N–H and O–H groups in total. The van der Waals surface area contributed by atoms with Crippen LogP contribution in [0.25, 0.3) is 11.5 Å². The van der Waals surface area contributed by atoms with Gasteiger partial charge in [-0.05, 0) is 48.7 Å². The van der Waals surface area contributed by atoms with Gasteiger partial charge in [0.2, 0.25) is 11.8 Å². The minimum Gasteiger partial charge on any atom is -0.444 e. The summed E-state index contributed by atoms with van der Waals surface area (Å²) < 4.78 is 5.56. The first-order valence-electron chi connectivity index (χ1n) is 8.44. The Bertz CT molecular complexity index is 887. The zero-order valence-electron chi connectivity index (χ0n) is 13.8. The molecule has 0 radical (unpaired) electrons. The Labute approximate surface area is 146 Å². The lowest BCUT2D eigenvalue weighted by atomic mass is 10.1. The van der Waals surface area contributed by atoms with Crippen LogP contribution in [0, 0.1) is 0 Å². The molecule has 0 saturated carbocycles. The molecule has 3 aromatic rings. The average Bonchev–Trinajstić information content (AvgIpc) is 3.03. The molecule has 4 rings (SSSR count). The van der Waals surface area contributed by atoms with Crippen LogP contribution >= 0.6 is 0 Å². The lowest BCUT2D eigenvalue weighted by molar-refractivity contribution is -0.116. The van der Waals surface area contributed by atoms with Crippen LogP contribution in [0.5, 0.6) is 0 Å². The van der Waals surface area contributed by atoms with Gasteiger partial charge in [-0.1, -0.05) is 18.2 Å². The minimum absolute atomic E-state index is 0.0931. The van der Waals surface area contributed by atoms with Gasteiger partial charge in [0.15, 0.2) is 0 Å². The summed E-state index contributed by atoms with van der Waals surface area (Å²) in [6.07, 6.45) is 4.05. The van der Waals surface area contributed by atoms with E-state index >= 15 is 0 Å². The van der Waals surface area contributed by atoms with E-state index < -0.39 is 0 Å². The van der Waals surface area contributed by atoms with Crippen LogP contribution in [0.2, 0.25) is 0 Å². The highest BCUT2D eigenvalue weighted by Gasteiger charge is 2.13. The SMILES string of the molecule is O=C1CCCc2cc(NCc3coc(-c4ccccc4)n3)ccc2N1. The number of fused-ring (bicyclic) bond motifs is 1. The van der Waals surface area contributed by atoms with E-state index in [4.69, 9.17) is 4.42 Å². The Balaban J connectivity index is 1.44. The van der Waals surface area contributed by atoms with Crippen molar-refractivity contribution >= 4 is 17.3 Å². The fourth-order valence-electron chi connectivity index (χ4n) is 2.98. The number of hydrogen-bond acceptors (Lipinski definition) is 4. The van der Waals surface area contributed by atoms with Crippen LogP contribution in [0.15, 0.2) is 59.2 Å². The molecule has 2 aromatic carbocycles. The number of oxazole rings is 1. The third-order valence-electron chi connectivity index (χ3n) is 4.28. The minimum atomic E-state index is 0.0931. The molecule has 0 bridgehead atoms. The molecule has 2 heterocycles. The summed E-state index contributed by atoms with van der Waals surface area (Å²) in [4.78, 5) is 16.1. The number of benzene rings is 2. The molecule has 0 saturated heterocycles. The van der Waals surface area contributed by atoms with Crippen molar-refractivity contribution in [1.29, 1.82) is 0 Å². The molecule has 1 aromatic heterocycles. The lowest BCUT2D eigenvalue weighted by Gasteiger charge is -2.10. The van der Waals surface area contributed by atoms with E-state index in [2.05, 4.69) is 21.7 Å². The van der Waals surface area contributed by atoms with Crippen molar-refractivity contribution in [2.24, 2.45) is 0 Å². The first-order valence-corrected chi connectivity index (χ1v) is 8.44. The third-order valence-corrected chi connectivity index (χ3v) is 4.28. The number of hydrogen-bond donors (Lipinski definition) is 2. The second-order valence-corrected chi connectivity index (χ2v) is 6.14. The van der Waals surface area contributed by atoms with E-state index in [0.29, 0.717) is 18.9 Å². The number of aromatic nitrogens is 1. The molecule has 1 aliphatic rings. The van der Waals surface area contributed by atoms with Gasteiger partial charge < -0.3 is 15.1 Å². The van der Waals surface area contributed by atoms with Gasteiger partial charge in [-0.15, -0.1) is 0 Å². The van der Waals surface area contributed by atoms with Crippen molar-refractivity contribution in [1.82, 2.24) is 4.98 Å². The van der Waals surface area contributed by atoms with Gasteiger partial charge in [-0.3, -0.25) is 4.79 Å². The quantitative estimate of drug-likeness (QED) is 0.750. The van der Waals surface area contributed by atoms with Crippen molar-refractivity contribution in [3.63, 3.8) is 0 Å². The summed E-state index contributed by atoms with van der Waals surface area (Å²) in [5, 5.41) is 6.32. The number of anilines is 2. The van der Waals surface area contributed by atoms with Crippen LogP contribution in [-0.2, 0) is 17.8 Å². The second kappa shape index (κ2) is 6.81. The molecule has 5 nitrogen and oxygen atoms in total. The monoisotopic (exact) mass is 333 g/mol. The highest BCUT2D eigenvalue weighted by atomic mass is 16.3. The van der Waals surface area contributed by atoms with Crippen LogP contribution in [0.3, 0.4) is 0 Å². The van der Waals surface area contributed by atoms with E-state index in [9.17, 15) is 4.79 Å². The van der Waals surface area contributed by atoms with Crippen LogP contribution in [-0.4, -0.2) is 10.9 Å². The highest BCUT2D eigenvalue weighted by Crippen LogP contribution is 2.26. The molecule has 0 atom stereocenters. The first-order chi connectivity index (χ1) is 12.3. The Morgan fingerprint density at radius 1 is 1.12 bits per heavy atom. The summed E-state index contributed by atoms with van der Waals surface area (Å²) in [7, 11) is 0. The maximum atomic E-state index is 11.6. The summed E-state index contributed by atoms with van der Waals surface area (Å²) in [5.74, 6) is 0.720. The third kappa shape index (κ3) is 3.55. The number of nitrogens with zero attached hydrogens (tertiary/aromatic N) is 1. The Kier molecular flexibility index (Phi) is 4.21. The highest BCUT2D eigenvalue weighted by molar-refractivity contribution is 5.92. The second-order valence-electron chi connectivity index (χ2n) is 6.14. The molecular formula is C20H19N3O2. The van der Waals surface area contributed by atoms with Crippen LogP contribution < -0.4 is 10.6 Å². The van der Waals surface area contributed by atoms with Gasteiger partial charge in [0, 0.05) is 23.4 Å². The van der Waals surface area contributed by atoms with Gasteiger partial charge in [-0.2, -0.15) is 0 Å². The molecule has 0 fully saturated rings. The van der Waals surface area contributed by atoms with Gasteiger partial charge in [0.05, 0.1) is 12.2 Å². The molecule has 0 unspecified atom stereocenters. The van der Waals surface area contributed by atoms with Crippen molar-refractivity contribution in [2.45, 2.75) is 25.8 Å². The van der Waals surface area contributed by atoms with Gasteiger partial charge >= 0.3 is 0 Å². The topological polar surface area (TPSA) is 67.2 Å². The zero-order chi connectivity index (χ0) is 17.1. The molecule has 126 valence electrons. The van der Waals surface area contributed by atoms with E-state index in [0.717, 1.165) is 35.5 Å².